The van der Waals surface area contributed by atoms with Gasteiger partial charge in [0.25, 0.3) is 5.56 Å². The molecule has 9 heteroatoms. The Morgan fingerprint density at radius 1 is 1.00 bits per heavy atom. The summed E-state index contributed by atoms with van der Waals surface area (Å²) in [5, 5.41) is 15.9. The molecule has 2 aromatic carbocycles. The fourth-order valence-electron chi connectivity index (χ4n) is 4.95. The molecule has 36 heavy (non-hydrogen) atoms. The largest absolute Gasteiger partial charge is 0.388 e. The van der Waals surface area contributed by atoms with Gasteiger partial charge in [-0.1, -0.05) is 48.5 Å². The summed E-state index contributed by atoms with van der Waals surface area (Å²) in [4.78, 5) is 19.7. The molecule has 0 aliphatic carbocycles. The molecule has 2 aromatic heterocycles. The number of halogens is 2. The highest BCUT2D eigenvalue weighted by atomic mass is 19.3. The average molecular weight is 494 g/mol. The number of fused-ring (bicyclic) bond motifs is 1. The number of para-hydroxylation sites is 1. The minimum atomic E-state index is -2.42. The van der Waals surface area contributed by atoms with Gasteiger partial charge in [-0.15, -0.1) is 0 Å². The van der Waals surface area contributed by atoms with E-state index < -0.39 is 17.9 Å². The van der Waals surface area contributed by atoms with Gasteiger partial charge in [0.05, 0.1) is 24.0 Å². The number of rotatable bonds is 8. The Labute approximate surface area is 207 Å². The van der Waals surface area contributed by atoms with E-state index in [2.05, 4.69) is 15.0 Å². The van der Waals surface area contributed by atoms with E-state index in [0.717, 1.165) is 5.69 Å². The molecule has 1 aliphatic rings. The molecule has 5 rings (SSSR count). The predicted octanol–water partition coefficient (Wildman–Crippen LogP) is 3.85. The number of likely N-dealkylation sites (tertiary alicyclic amines) is 1. The van der Waals surface area contributed by atoms with Crippen LogP contribution in [-0.2, 0) is 6.54 Å². The molecule has 1 saturated heterocycles. The lowest BCUT2D eigenvalue weighted by atomic mass is 9.90. The number of hydrogen-bond acceptors (Lipinski definition) is 5. The van der Waals surface area contributed by atoms with E-state index in [-0.39, 0.29) is 12.1 Å². The topological polar surface area (TPSA) is 76.2 Å². The molecular weight excluding hydrogens is 464 g/mol. The molecule has 0 bridgehead atoms. The zero-order valence-electron chi connectivity index (χ0n) is 19.9. The molecule has 0 amide bonds. The first kappa shape index (κ1) is 24.3. The lowest BCUT2D eigenvalue weighted by Crippen LogP contribution is -2.48. The van der Waals surface area contributed by atoms with Crippen LogP contribution in [-0.4, -0.2) is 61.0 Å². The first-order valence-electron chi connectivity index (χ1n) is 12.2. The second kappa shape index (κ2) is 10.3. The van der Waals surface area contributed by atoms with Crippen LogP contribution in [0.5, 0.6) is 0 Å². The van der Waals surface area contributed by atoms with E-state index in [9.17, 15) is 18.7 Å². The Balaban J connectivity index is 1.22. The van der Waals surface area contributed by atoms with Crippen LogP contribution < -0.4 is 5.56 Å². The fourth-order valence-corrected chi connectivity index (χ4v) is 4.95. The summed E-state index contributed by atoms with van der Waals surface area (Å²) in [6.07, 6.45) is 1.80. The van der Waals surface area contributed by atoms with Crippen LogP contribution in [0.25, 0.3) is 16.7 Å². The second-order valence-electron chi connectivity index (χ2n) is 9.51. The summed E-state index contributed by atoms with van der Waals surface area (Å²) in [6.45, 7) is 1.82. The minimum absolute atomic E-state index is 0.128. The maximum atomic E-state index is 13.6. The summed E-state index contributed by atoms with van der Waals surface area (Å²) in [7, 11) is 0. The summed E-state index contributed by atoms with van der Waals surface area (Å²) in [5.41, 5.74) is 0.618. The minimum Gasteiger partial charge on any atom is -0.388 e. The normalized spacial score (nSPS) is 17.0. The standard InChI is InChI=1S/C27H29F2N5O2/c28-24(29)22(20-7-3-1-4-8-20)11-14-32-15-12-27(36,13-16-32)18-33-19-30-25-23(26(33)35)17-31-34(25)21-9-5-2-6-10-21/h1-10,17,19,22,24,36H,11-16,18H2. The molecule has 4 aromatic rings. The van der Waals surface area contributed by atoms with Crippen LogP contribution in [0.1, 0.15) is 30.7 Å². The number of benzene rings is 2. The molecule has 1 unspecified atom stereocenters. The lowest BCUT2D eigenvalue weighted by Gasteiger charge is -2.38. The van der Waals surface area contributed by atoms with E-state index in [1.54, 1.807) is 28.9 Å². The molecule has 1 fully saturated rings. The van der Waals surface area contributed by atoms with Gasteiger partial charge in [-0.05, 0) is 43.5 Å². The molecule has 1 N–H and O–H groups in total. The third kappa shape index (κ3) is 5.08. The molecule has 0 radical (unpaired) electrons. The van der Waals surface area contributed by atoms with Gasteiger partial charge in [0.2, 0.25) is 6.43 Å². The Hall–Kier alpha value is -3.43. The van der Waals surface area contributed by atoms with Gasteiger partial charge in [-0.3, -0.25) is 9.36 Å². The van der Waals surface area contributed by atoms with E-state index in [1.165, 1.54) is 17.1 Å². The van der Waals surface area contributed by atoms with Crippen molar-refractivity contribution in [3.63, 3.8) is 0 Å². The number of aromatic nitrogens is 4. The van der Waals surface area contributed by atoms with Crippen molar-refractivity contribution in [2.75, 3.05) is 19.6 Å². The number of piperidine rings is 1. The van der Waals surface area contributed by atoms with Crippen LogP contribution in [0, 0.1) is 0 Å². The fraction of sp³-hybridized carbons (Fsp3) is 0.370. The van der Waals surface area contributed by atoms with Crippen LogP contribution in [0.2, 0.25) is 0 Å². The molecule has 1 aliphatic heterocycles. The van der Waals surface area contributed by atoms with Crippen molar-refractivity contribution >= 4 is 11.0 Å². The quantitative estimate of drug-likeness (QED) is 0.404. The summed E-state index contributed by atoms with van der Waals surface area (Å²) < 4.78 is 30.4. The molecule has 3 heterocycles. The van der Waals surface area contributed by atoms with Gasteiger partial charge >= 0.3 is 0 Å². The third-order valence-corrected chi connectivity index (χ3v) is 7.09. The van der Waals surface area contributed by atoms with Gasteiger partial charge < -0.3 is 10.0 Å². The van der Waals surface area contributed by atoms with Gasteiger partial charge in [0.1, 0.15) is 11.7 Å². The van der Waals surface area contributed by atoms with Crippen LogP contribution >= 0.6 is 0 Å². The molecule has 188 valence electrons. The van der Waals surface area contributed by atoms with E-state index in [4.69, 9.17) is 0 Å². The van der Waals surface area contributed by atoms with Crippen molar-refractivity contribution in [1.82, 2.24) is 24.2 Å². The van der Waals surface area contributed by atoms with Crippen LogP contribution in [0.3, 0.4) is 0 Å². The Bertz CT molecular complexity index is 1350. The first-order valence-corrected chi connectivity index (χ1v) is 12.2. The highest BCUT2D eigenvalue weighted by Gasteiger charge is 2.34. The van der Waals surface area contributed by atoms with Crippen molar-refractivity contribution in [2.45, 2.75) is 43.8 Å². The number of nitrogens with zero attached hydrogens (tertiary/aromatic N) is 5. The van der Waals surface area contributed by atoms with Crippen molar-refractivity contribution < 1.29 is 13.9 Å². The van der Waals surface area contributed by atoms with Crippen molar-refractivity contribution in [3.05, 3.63) is 89.1 Å². The second-order valence-corrected chi connectivity index (χ2v) is 9.51. The molecule has 1 atom stereocenters. The number of alkyl halides is 2. The zero-order valence-corrected chi connectivity index (χ0v) is 19.9. The van der Waals surface area contributed by atoms with Crippen LogP contribution in [0.4, 0.5) is 8.78 Å². The van der Waals surface area contributed by atoms with Crippen molar-refractivity contribution in [1.29, 1.82) is 0 Å². The maximum Gasteiger partial charge on any atom is 0.264 e. The Morgan fingerprint density at radius 2 is 1.67 bits per heavy atom. The van der Waals surface area contributed by atoms with E-state index >= 15 is 0 Å². The van der Waals surface area contributed by atoms with Gasteiger partial charge in [-0.25, -0.2) is 18.4 Å². The van der Waals surface area contributed by atoms with Crippen molar-refractivity contribution in [2.24, 2.45) is 0 Å². The number of hydrogen-bond donors (Lipinski definition) is 1. The predicted molar refractivity (Wildman–Crippen MR) is 134 cm³/mol. The van der Waals surface area contributed by atoms with Gasteiger partial charge in [0.15, 0.2) is 5.65 Å². The SMILES string of the molecule is O=c1c2cnn(-c3ccccc3)c2ncn1CC1(O)CCN(CCC(c2ccccc2)C(F)F)CC1. The first-order chi connectivity index (χ1) is 17.4. The lowest BCUT2D eigenvalue weighted by molar-refractivity contribution is -0.0361. The highest BCUT2D eigenvalue weighted by Crippen LogP contribution is 2.29. The van der Waals surface area contributed by atoms with E-state index in [1.807, 2.05) is 36.4 Å². The molecular formula is C27H29F2N5O2. The van der Waals surface area contributed by atoms with E-state index in [0.29, 0.717) is 55.5 Å². The zero-order chi connectivity index (χ0) is 25.1. The van der Waals surface area contributed by atoms with Crippen molar-refractivity contribution in [3.8, 4) is 5.69 Å². The highest BCUT2D eigenvalue weighted by molar-refractivity contribution is 5.74. The monoisotopic (exact) mass is 493 g/mol. The Morgan fingerprint density at radius 3 is 2.33 bits per heavy atom. The third-order valence-electron chi connectivity index (χ3n) is 7.09. The maximum absolute atomic E-state index is 13.6. The molecule has 7 nitrogen and oxygen atoms in total. The number of aliphatic hydroxyl groups is 1. The van der Waals surface area contributed by atoms with Gasteiger partial charge in [-0.2, -0.15) is 5.10 Å². The summed E-state index contributed by atoms with van der Waals surface area (Å²) in [5.74, 6) is -0.805. The molecule has 0 spiro atoms. The average Bonchev–Trinajstić information content (AvgIpc) is 3.33. The summed E-state index contributed by atoms with van der Waals surface area (Å²) >= 11 is 0. The Kier molecular flexibility index (Phi) is 6.93. The summed E-state index contributed by atoms with van der Waals surface area (Å²) in [6, 6.07) is 18.4. The molecule has 0 saturated carbocycles. The van der Waals surface area contributed by atoms with Gasteiger partial charge in [0, 0.05) is 19.0 Å². The smallest absolute Gasteiger partial charge is 0.264 e. The van der Waals surface area contributed by atoms with Crippen LogP contribution in [0.15, 0.2) is 78.0 Å².